The van der Waals surface area contributed by atoms with Crippen LogP contribution in [0.3, 0.4) is 0 Å². The lowest BCUT2D eigenvalue weighted by Crippen LogP contribution is -2.40. The second kappa shape index (κ2) is 5.12. The molecule has 0 fully saturated rings. The number of nitrogens with one attached hydrogen (secondary N) is 1. The second-order valence-electron chi connectivity index (χ2n) is 3.60. The smallest absolute Gasteiger partial charge is 0.326 e. The lowest BCUT2D eigenvalue weighted by atomic mass is 10.2. The van der Waals surface area contributed by atoms with Gasteiger partial charge in [-0.25, -0.2) is 4.79 Å². The molecule has 0 aliphatic rings. The Kier molecular flexibility index (Phi) is 4.06. The van der Waals surface area contributed by atoms with Gasteiger partial charge in [0.15, 0.2) is 0 Å². The van der Waals surface area contributed by atoms with Gasteiger partial charge in [0.1, 0.15) is 6.04 Å². The van der Waals surface area contributed by atoms with E-state index in [9.17, 15) is 9.59 Å². The van der Waals surface area contributed by atoms with E-state index in [1.165, 1.54) is 11.3 Å². The Morgan fingerprint density at radius 1 is 1.50 bits per heavy atom. The average molecular weight is 241 g/mol. The minimum atomic E-state index is -1.000. The summed E-state index contributed by atoms with van der Waals surface area (Å²) in [6.07, 6.45) is 0.378. The van der Waals surface area contributed by atoms with E-state index in [0.717, 1.165) is 9.75 Å². The molecule has 2 N–H and O–H groups in total. The van der Waals surface area contributed by atoms with Crippen LogP contribution in [0, 0.1) is 13.8 Å². The van der Waals surface area contributed by atoms with Crippen LogP contribution < -0.4 is 5.32 Å². The molecule has 5 heteroatoms. The number of hydrogen-bond donors (Lipinski definition) is 2. The van der Waals surface area contributed by atoms with E-state index in [-0.39, 0.29) is 5.91 Å². The Bertz CT molecular complexity index is 411. The number of hydrogen-bond acceptors (Lipinski definition) is 3. The quantitative estimate of drug-likeness (QED) is 0.846. The predicted molar refractivity (Wildman–Crippen MR) is 63.0 cm³/mol. The highest BCUT2D eigenvalue weighted by Crippen LogP contribution is 2.20. The van der Waals surface area contributed by atoms with Crippen LogP contribution in [0.4, 0.5) is 0 Å². The molecule has 1 unspecified atom stereocenters. The van der Waals surface area contributed by atoms with E-state index >= 15 is 0 Å². The van der Waals surface area contributed by atoms with Crippen molar-refractivity contribution >= 4 is 23.2 Å². The van der Waals surface area contributed by atoms with Crippen molar-refractivity contribution in [3.8, 4) is 0 Å². The minimum absolute atomic E-state index is 0.309. The number of thiophene rings is 1. The number of amides is 1. The van der Waals surface area contributed by atoms with Crippen molar-refractivity contribution in [2.45, 2.75) is 33.2 Å². The van der Waals surface area contributed by atoms with E-state index in [0.29, 0.717) is 12.0 Å². The topological polar surface area (TPSA) is 66.4 Å². The molecule has 1 aromatic heterocycles. The standard InChI is InChI=1S/C11H15NO3S/c1-4-9(11(14)15)12-10(13)8-5-6(2)16-7(8)3/h5,9H,4H2,1-3H3,(H,12,13)(H,14,15). The molecule has 1 atom stereocenters. The Morgan fingerprint density at radius 2 is 2.12 bits per heavy atom. The number of carbonyl (C=O) groups is 2. The van der Waals surface area contributed by atoms with Crippen LogP contribution in [-0.4, -0.2) is 23.0 Å². The largest absolute Gasteiger partial charge is 0.480 e. The number of carboxylic acid groups (broad SMARTS) is 1. The summed E-state index contributed by atoms with van der Waals surface area (Å²) in [5.74, 6) is -1.31. The molecule has 88 valence electrons. The van der Waals surface area contributed by atoms with Crippen molar-refractivity contribution in [2.24, 2.45) is 0 Å². The molecule has 16 heavy (non-hydrogen) atoms. The molecule has 0 saturated heterocycles. The van der Waals surface area contributed by atoms with Crippen molar-refractivity contribution in [1.29, 1.82) is 0 Å². The fourth-order valence-electron chi connectivity index (χ4n) is 1.43. The van der Waals surface area contributed by atoms with Gasteiger partial charge in [-0.1, -0.05) is 6.92 Å². The molecule has 1 amide bonds. The maximum absolute atomic E-state index is 11.8. The van der Waals surface area contributed by atoms with Gasteiger partial charge >= 0.3 is 5.97 Å². The molecular weight excluding hydrogens is 226 g/mol. The summed E-state index contributed by atoms with van der Waals surface area (Å²) in [5, 5.41) is 11.3. The summed E-state index contributed by atoms with van der Waals surface area (Å²) in [6, 6.07) is 0.969. The Balaban J connectivity index is 2.79. The summed E-state index contributed by atoms with van der Waals surface area (Å²) in [5.41, 5.74) is 0.571. The third-order valence-corrected chi connectivity index (χ3v) is 3.26. The first kappa shape index (κ1) is 12.7. The van der Waals surface area contributed by atoms with Crippen molar-refractivity contribution < 1.29 is 14.7 Å². The van der Waals surface area contributed by atoms with Crippen molar-refractivity contribution in [3.63, 3.8) is 0 Å². The molecule has 0 saturated carbocycles. The lowest BCUT2D eigenvalue weighted by molar-refractivity contribution is -0.139. The average Bonchev–Trinajstić information content (AvgIpc) is 2.53. The van der Waals surface area contributed by atoms with Gasteiger partial charge in [-0.2, -0.15) is 0 Å². The molecule has 0 aliphatic carbocycles. The first-order valence-electron chi connectivity index (χ1n) is 5.06. The molecule has 1 aromatic rings. The zero-order valence-corrected chi connectivity index (χ0v) is 10.4. The molecule has 0 aromatic carbocycles. The lowest BCUT2D eigenvalue weighted by Gasteiger charge is -2.11. The fourth-order valence-corrected chi connectivity index (χ4v) is 2.35. The van der Waals surface area contributed by atoms with E-state index in [1.54, 1.807) is 13.0 Å². The van der Waals surface area contributed by atoms with Gasteiger partial charge < -0.3 is 10.4 Å². The van der Waals surface area contributed by atoms with Gasteiger partial charge in [0.2, 0.25) is 0 Å². The van der Waals surface area contributed by atoms with E-state index in [4.69, 9.17) is 5.11 Å². The number of aryl methyl sites for hydroxylation is 2. The maximum Gasteiger partial charge on any atom is 0.326 e. The molecule has 1 rings (SSSR count). The Labute approximate surface area is 98.3 Å². The fraction of sp³-hybridized carbons (Fsp3) is 0.455. The van der Waals surface area contributed by atoms with Gasteiger partial charge in [0, 0.05) is 9.75 Å². The number of rotatable bonds is 4. The molecule has 0 radical (unpaired) electrons. The summed E-state index contributed by atoms with van der Waals surface area (Å²) < 4.78 is 0. The van der Waals surface area contributed by atoms with Gasteiger partial charge in [0.25, 0.3) is 5.91 Å². The summed E-state index contributed by atoms with van der Waals surface area (Å²) in [7, 11) is 0. The van der Waals surface area contributed by atoms with Crippen LogP contribution in [0.25, 0.3) is 0 Å². The normalized spacial score (nSPS) is 12.2. The highest BCUT2D eigenvalue weighted by Gasteiger charge is 2.20. The molecule has 0 aliphatic heterocycles. The number of carbonyl (C=O) groups excluding carboxylic acids is 1. The monoisotopic (exact) mass is 241 g/mol. The summed E-state index contributed by atoms with van der Waals surface area (Å²) >= 11 is 1.53. The van der Waals surface area contributed by atoms with Crippen LogP contribution in [0.2, 0.25) is 0 Å². The highest BCUT2D eigenvalue weighted by molar-refractivity contribution is 7.12. The highest BCUT2D eigenvalue weighted by atomic mass is 32.1. The van der Waals surface area contributed by atoms with Gasteiger partial charge in [-0.05, 0) is 26.3 Å². The van der Waals surface area contributed by atoms with Crippen LogP contribution >= 0.6 is 11.3 Å². The van der Waals surface area contributed by atoms with E-state index in [1.807, 2.05) is 13.8 Å². The molecular formula is C11H15NO3S. The van der Waals surface area contributed by atoms with Gasteiger partial charge in [0.05, 0.1) is 5.56 Å². The Morgan fingerprint density at radius 3 is 2.50 bits per heavy atom. The van der Waals surface area contributed by atoms with E-state index in [2.05, 4.69) is 5.32 Å². The number of carboxylic acids is 1. The first-order valence-corrected chi connectivity index (χ1v) is 5.88. The van der Waals surface area contributed by atoms with Gasteiger partial charge in [-0.15, -0.1) is 11.3 Å². The first-order chi connectivity index (χ1) is 7.45. The molecule has 4 nitrogen and oxygen atoms in total. The Hall–Kier alpha value is -1.36. The van der Waals surface area contributed by atoms with E-state index < -0.39 is 12.0 Å². The zero-order chi connectivity index (χ0) is 12.3. The summed E-state index contributed by atoms with van der Waals surface area (Å²) in [6.45, 7) is 5.50. The zero-order valence-electron chi connectivity index (χ0n) is 9.53. The molecule has 0 spiro atoms. The van der Waals surface area contributed by atoms with Crippen LogP contribution in [0.5, 0.6) is 0 Å². The van der Waals surface area contributed by atoms with Crippen molar-refractivity contribution in [3.05, 3.63) is 21.4 Å². The number of aliphatic carboxylic acids is 1. The van der Waals surface area contributed by atoms with Crippen LogP contribution in [-0.2, 0) is 4.79 Å². The van der Waals surface area contributed by atoms with Crippen molar-refractivity contribution in [2.75, 3.05) is 0 Å². The van der Waals surface area contributed by atoms with Crippen LogP contribution in [0.1, 0.15) is 33.5 Å². The van der Waals surface area contributed by atoms with Crippen molar-refractivity contribution in [1.82, 2.24) is 5.32 Å². The third-order valence-electron chi connectivity index (χ3n) is 2.30. The predicted octanol–water partition coefficient (Wildman–Crippen LogP) is 1.96. The van der Waals surface area contributed by atoms with Gasteiger partial charge in [-0.3, -0.25) is 4.79 Å². The second-order valence-corrected chi connectivity index (χ2v) is 5.06. The third kappa shape index (κ3) is 2.82. The molecule has 1 heterocycles. The maximum atomic E-state index is 11.8. The van der Waals surface area contributed by atoms with Crippen LogP contribution in [0.15, 0.2) is 6.07 Å². The minimum Gasteiger partial charge on any atom is -0.480 e. The SMILES string of the molecule is CCC(NC(=O)c1cc(C)sc1C)C(=O)O. The molecule has 0 bridgehead atoms. The summed E-state index contributed by atoms with van der Waals surface area (Å²) in [4.78, 5) is 24.5.